The highest BCUT2D eigenvalue weighted by Crippen LogP contribution is 2.30. The van der Waals surface area contributed by atoms with E-state index in [-0.39, 0.29) is 30.0 Å². The molecule has 2 aliphatic rings. The van der Waals surface area contributed by atoms with Crippen molar-refractivity contribution in [1.82, 2.24) is 5.32 Å². The largest absolute Gasteiger partial charge is 0.378 e. The summed E-state index contributed by atoms with van der Waals surface area (Å²) in [4.78, 5) is 23.7. The Kier molecular flexibility index (Phi) is 4.81. The van der Waals surface area contributed by atoms with Crippen molar-refractivity contribution < 1.29 is 14.3 Å². The minimum absolute atomic E-state index is 0.0806. The van der Waals surface area contributed by atoms with Gasteiger partial charge >= 0.3 is 6.03 Å². The first-order valence-corrected chi connectivity index (χ1v) is 8.20. The topological polar surface area (TPSA) is 79.5 Å². The first-order valence-electron chi connectivity index (χ1n) is 8.20. The lowest BCUT2D eigenvalue weighted by Crippen LogP contribution is -2.43. The van der Waals surface area contributed by atoms with E-state index in [1.54, 1.807) is 24.3 Å². The van der Waals surface area contributed by atoms with Gasteiger partial charge in [0.05, 0.1) is 6.10 Å². The lowest BCUT2D eigenvalue weighted by Gasteiger charge is -2.27. The maximum Gasteiger partial charge on any atom is 0.319 e. The Balaban J connectivity index is 1.47. The maximum atomic E-state index is 12.0. The Bertz CT molecular complexity index is 569. The molecule has 3 N–H and O–H groups in total. The smallest absolute Gasteiger partial charge is 0.319 e. The van der Waals surface area contributed by atoms with Crippen LogP contribution in [0.1, 0.15) is 32.6 Å². The number of urea groups is 1. The highest BCUT2D eigenvalue weighted by Gasteiger charge is 2.29. The predicted octanol–water partition coefficient (Wildman–Crippen LogP) is 2.72. The Morgan fingerprint density at radius 3 is 2.30 bits per heavy atom. The quantitative estimate of drug-likeness (QED) is 0.799. The van der Waals surface area contributed by atoms with Crippen LogP contribution in [0.4, 0.5) is 16.2 Å². The van der Waals surface area contributed by atoms with Gasteiger partial charge in [-0.3, -0.25) is 4.79 Å². The molecule has 2 fully saturated rings. The molecule has 0 spiro atoms. The molecule has 1 aromatic rings. The standard InChI is InChI=1S/C17H23N3O3/c1-11-10-15(8-9-23-11)20-17(22)19-14-6-4-13(5-7-14)18-16(21)12-2-3-12/h4-7,11-12,15H,2-3,8-10H2,1H3,(H,18,21)(H2,19,20,22)/t11-,15+/m1/s1. The van der Waals surface area contributed by atoms with Gasteiger partial charge in [-0.1, -0.05) is 0 Å². The predicted molar refractivity (Wildman–Crippen MR) is 88.4 cm³/mol. The van der Waals surface area contributed by atoms with Crippen LogP contribution in [0, 0.1) is 5.92 Å². The van der Waals surface area contributed by atoms with E-state index in [1.807, 2.05) is 6.92 Å². The molecule has 6 heteroatoms. The molecule has 0 unspecified atom stereocenters. The van der Waals surface area contributed by atoms with Gasteiger partial charge in [0.1, 0.15) is 0 Å². The zero-order valence-corrected chi connectivity index (χ0v) is 13.3. The number of hydrogen-bond donors (Lipinski definition) is 3. The van der Waals surface area contributed by atoms with Gasteiger partial charge in [0.25, 0.3) is 0 Å². The van der Waals surface area contributed by atoms with Gasteiger partial charge in [0.15, 0.2) is 0 Å². The summed E-state index contributed by atoms with van der Waals surface area (Å²) in [5.41, 5.74) is 1.46. The molecule has 0 bridgehead atoms. The molecule has 2 atom stereocenters. The van der Waals surface area contributed by atoms with Crippen LogP contribution in [-0.4, -0.2) is 30.7 Å². The molecule has 3 amide bonds. The van der Waals surface area contributed by atoms with Gasteiger partial charge in [-0.15, -0.1) is 0 Å². The number of hydrogen-bond acceptors (Lipinski definition) is 3. The Labute approximate surface area is 136 Å². The normalized spacial score (nSPS) is 23.9. The molecule has 0 aromatic heterocycles. The second kappa shape index (κ2) is 7.00. The van der Waals surface area contributed by atoms with Crippen LogP contribution in [0.25, 0.3) is 0 Å². The first-order chi connectivity index (χ1) is 11.1. The highest BCUT2D eigenvalue weighted by molar-refractivity contribution is 5.94. The molecule has 6 nitrogen and oxygen atoms in total. The zero-order chi connectivity index (χ0) is 16.2. The highest BCUT2D eigenvalue weighted by atomic mass is 16.5. The van der Waals surface area contributed by atoms with E-state index in [1.165, 1.54) is 0 Å². The van der Waals surface area contributed by atoms with E-state index >= 15 is 0 Å². The lowest BCUT2D eigenvalue weighted by atomic mass is 10.0. The van der Waals surface area contributed by atoms with Crippen LogP contribution in [0.5, 0.6) is 0 Å². The summed E-state index contributed by atoms with van der Waals surface area (Å²) in [5, 5.41) is 8.66. The van der Waals surface area contributed by atoms with Crippen LogP contribution in [0.3, 0.4) is 0 Å². The number of nitrogens with one attached hydrogen (secondary N) is 3. The van der Waals surface area contributed by atoms with E-state index in [0.717, 1.165) is 31.4 Å². The van der Waals surface area contributed by atoms with Crippen LogP contribution >= 0.6 is 0 Å². The van der Waals surface area contributed by atoms with Crippen LogP contribution < -0.4 is 16.0 Å². The molecule has 0 radical (unpaired) electrons. The Morgan fingerprint density at radius 2 is 1.70 bits per heavy atom. The second-order valence-corrected chi connectivity index (χ2v) is 6.34. The Hall–Kier alpha value is -2.08. The number of rotatable bonds is 4. The van der Waals surface area contributed by atoms with Gasteiger partial charge in [0.2, 0.25) is 5.91 Å². The van der Waals surface area contributed by atoms with E-state index in [0.29, 0.717) is 12.3 Å². The molecule has 124 valence electrons. The molecule has 3 rings (SSSR count). The summed E-state index contributed by atoms with van der Waals surface area (Å²) in [7, 11) is 0. The van der Waals surface area contributed by atoms with Gasteiger partial charge in [-0.2, -0.15) is 0 Å². The molecule has 1 aliphatic carbocycles. The number of carbonyl (C=O) groups excluding carboxylic acids is 2. The maximum absolute atomic E-state index is 12.0. The third-order valence-corrected chi connectivity index (χ3v) is 4.18. The third kappa shape index (κ3) is 4.69. The summed E-state index contributed by atoms with van der Waals surface area (Å²) in [5.74, 6) is 0.262. The van der Waals surface area contributed by atoms with E-state index in [4.69, 9.17) is 4.74 Å². The lowest BCUT2D eigenvalue weighted by molar-refractivity contribution is -0.117. The number of anilines is 2. The van der Waals surface area contributed by atoms with Crippen molar-refractivity contribution in [2.45, 2.75) is 44.8 Å². The second-order valence-electron chi connectivity index (χ2n) is 6.34. The molecule has 23 heavy (non-hydrogen) atoms. The minimum Gasteiger partial charge on any atom is -0.378 e. The van der Waals surface area contributed by atoms with Gasteiger partial charge < -0.3 is 20.7 Å². The van der Waals surface area contributed by atoms with Crippen molar-refractivity contribution in [2.75, 3.05) is 17.2 Å². The number of benzene rings is 1. The SMILES string of the molecule is C[C@@H]1C[C@@H](NC(=O)Nc2ccc(NC(=O)C3CC3)cc2)CCO1. The van der Waals surface area contributed by atoms with Crippen molar-refractivity contribution in [2.24, 2.45) is 5.92 Å². The van der Waals surface area contributed by atoms with Gasteiger partial charge in [0, 0.05) is 29.9 Å². The van der Waals surface area contributed by atoms with Gasteiger partial charge in [-0.25, -0.2) is 4.79 Å². The average molecular weight is 317 g/mol. The number of amides is 3. The molecule has 1 heterocycles. The van der Waals surface area contributed by atoms with Crippen molar-refractivity contribution in [1.29, 1.82) is 0 Å². The summed E-state index contributed by atoms with van der Waals surface area (Å²) >= 11 is 0. The number of ether oxygens (including phenoxy) is 1. The third-order valence-electron chi connectivity index (χ3n) is 4.18. The zero-order valence-electron chi connectivity index (χ0n) is 13.3. The van der Waals surface area contributed by atoms with Crippen LogP contribution in [0.15, 0.2) is 24.3 Å². The molecule has 1 saturated carbocycles. The molecular weight excluding hydrogens is 294 g/mol. The van der Waals surface area contributed by atoms with Crippen molar-refractivity contribution in [3.05, 3.63) is 24.3 Å². The summed E-state index contributed by atoms with van der Waals surface area (Å²) in [6.07, 6.45) is 3.82. The number of carbonyl (C=O) groups is 2. The van der Waals surface area contributed by atoms with E-state index < -0.39 is 0 Å². The monoisotopic (exact) mass is 317 g/mol. The first kappa shape index (κ1) is 15.8. The van der Waals surface area contributed by atoms with Gasteiger partial charge in [-0.05, 0) is 56.9 Å². The molecular formula is C17H23N3O3. The van der Waals surface area contributed by atoms with Crippen molar-refractivity contribution >= 4 is 23.3 Å². The van der Waals surface area contributed by atoms with Crippen molar-refractivity contribution in [3.8, 4) is 0 Å². The summed E-state index contributed by atoms with van der Waals surface area (Å²) in [6, 6.07) is 7.11. The van der Waals surface area contributed by atoms with Crippen LogP contribution in [0.2, 0.25) is 0 Å². The molecule has 1 aliphatic heterocycles. The fourth-order valence-corrected chi connectivity index (χ4v) is 2.71. The molecule has 1 saturated heterocycles. The Morgan fingerprint density at radius 1 is 1.04 bits per heavy atom. The summed E-state index contributed by atoms with van der Waals surface area (Å²) in [6.45, 7) is 2.70. The van der Waals surface area contributed by atoms with E-state index in [9.17, 15) is 9.59 Å². The fourth-order valence-electron chi connectivity index (χ4n) is 2.71. The molecule has 1 aromatic carbocycles. The minimum atomic E-state index is -0.209. The van der Waals surface area contributed by atoms with E-state index in [2.05, 4.69) is 16.0 Å². The average Bonchev–Trinajstić information content (AvgIpc) is 3.34. The summed E-state index contributed by atoms with van der Waals surface area (Å²) < 4.78 is 5.47. The fraction of sp³-hybridized carbons (Fsp3) is 0.529. The van der Waals surface area contributed by atoms with Crippen LogP contribution in [-0.2, 0) is 9.53 Å². The van der Waals surface area contributed by atoms with Crippen molar-refractivity contribution in [3.63, 3.8) is 0 Å².